The maximum absolute atomic E-state index is 12.0. The van der Waals surface area contributed by atoms with Gasteiger partial charge in [0.15, 0.2) is 0 Å². The smallest absolute Gasteiger partial charge is 0.338 e. The van der Waals surface area contributed by atoms with Crippen LogP contribution in [0.3, 0.4) is 0 Å². The summed E-state index contributed by atoms with van der Waals surface area (Å²) in [5, 5.41) is 0. The molecule has 0 radical (unpaired) electrons. The summed E-state index contributed by atoms with van der Waals surface area (Å²) < 4.78 is 6.69. The number of likely N-dealkylation sites (N-methyl/N-ethyl adjacent to an activating group) is 1. The van der Waals surface area contributed by atoms with E-state index in [4.69, 9.17) is 4.74 Å². The van der Waals surface area contributed by atoms with Crippen LogP contribution in [0, 0.1) is 3.57 Å². The number of benzene rings is 1. The second-order valence-corrected chi connectivity index (χ2v) is 5.82. The number of ether oxygens (including phenoxy) is 1. The van der Waals surface area contributed by atoms with Crippen molar-refractivity contribution in [2.24, 2.45) is 0 Å². The summed E-state index contributed by atoms with van der Waals surface area (Å²) in [6.45, 7) is 5.15. The summed E-state index contributed by atoms with van der Waals surface area (Å²) in [7, 11) is 0. The molecule has 0 bridgehead atoms. The molecule has 1 aromatic carbocycles. The third-order valence-corrected chi connectivity index (χ3v) is 3.98. The third-order valence-electron chi connectivity index (χ3n) is 3.26. The monoisotopic (exact) mass is 359 g/mol. The largest absolute Gasteiger partial charge is 0.457 e. The van der Waals surface area contributed by atoms with Gasteiger partial charge in [-0.15, -0.1) is 0 Å². The molecule has 0 amide bonds. The van der Waals surface area contributed by atoms with Crippen LogP contribution in [0.1, 0.15) is 30.1 Å². The predicted octanol–water partition coefficient (Wildman–Crippen LogP) is 2.93. The SMILES string of the molecule is CCN1CCCC(OC(=O)c2ccc(I)cc2)C1. The van der Waals surface area contributed by atoms with E-state index in [0.717, 1.165) is 36.0 Å². The summed E-state index contributed by atoms with van der Waals surface area (Å²) >= 11 is 2.22. The molecule has 0 aromatic heterocycles. The maximum atomic E-state index is 12.0. The lowest BCUT2D eigenvalue weighted by Gasteiger charge is -2.31. The van der Waals surface area contributed by atoms with Crippen LogP contribution in [-0.2, 0) is 4.74 Å². The minimum atomic E-state index is -0.200. The average molecular weight is 359 g/mol. The van der Waals surface area contributed by atoms with Gasteiger partial charge in [0.25, 0.3) is 0 Å². The molecule has 1 aromatic rings. The van der Waals surface area contributed by atoms with E-state index >= 15 is 0 Å². The molecule has 1 heterocycles. The zero-order valence-corrected chi connectivity index (χ0v) is 12.7. The standard InChI is InChI=1S/C14H18INO2/c1-2-16-9-3-4-13(10-16)18-14(17)11-5-7-12(15)8-6-11/h5-8,13H,2-4,9-10H2,1H3. The topological polar surface area (TPSA) is 29.5 Å². The van der Waals surface area contributed by atoms with Gasteiger partial charge < -0.3 is 4.74 Å². The highest BCUT2D eigenvalue weighted by atomic mass is 127. The van der Waals surface area contributed by atoms with E-state index in [-0.39, 0.29) is 12.1 Å². The van der Waals surface area contributed by atoms with E-state index in [2.05, 4.69) is 34.4 Å². The van der Waals surface area contributed by atoms with Gasteiger partial charge in [-0.3, -0.25) is 4.90 Å². The fourth-order valence-electron chi connectivity index (χ4n) is 2.20. The van der Waals surface area contributed by atoms with Gasteiger partial charge in [0.2, 0.25) is 0 Å². The summed E-state index contributed by atoms with van der Waals surface area (Å²) in [4.78, 5) is 14.3. The molecule has 1 fully saturated rings. The number of rotatable bonds is 3. The van der Waals surface area contributed by atoms with Crippen molar-refractivity contribution in [3.8, 4) is 0 Å². The fraction of sp³-hybridized carbons (Fsp3) is 0.500. The first-order valence-electron chi connectivity index (χ1n) is 6.38. The lowest BCUT2D eigenvalue weighted by atomic mass is 10.1. The number of carbonyl (C=O) groups is 1. The van der Waals surface area contributed by atoms with Crippen LogP contribution in [0.2, 0.25) is 0 Å². The van der Waals surface area contributed by atoms with Crippen molar-refractivity contribution in [2.75, 3.05) is 19.6 Å². The number of carbonyl (C=O) groups excluding carboxylic acids is 1. The molecular formula is C14H18INO2. The Labute approximate surface area is 122 Å². The molecule has 0 spiro atoms. The van der Waals surface area contributed by atoms with Gasteiger partial charge in [0, 0.05) is 10.1 Å². The third kappa shape index (κ3) is 3.68. The first kappa shape index (κ1) is 13.8. The number of esters is 1. The molecule has 0 saturated carbocycles. The van der Waals surface area contributed by atoms with Crippen LogP contribution >= 0.6 is 22.6 Å². The second kappa shape index (κ2) is 6.52. The highest BCUT2D eigenvalue weighted by Crippen LogP contribution is 2.15. The Morgan fingerprint density at radius 3 is 2.83 bits per heavy atom. The lowest BCUT2D eigenvalue weighted by Crippen LogP contribution is -2.40. The van der Waals surface area contributed by atoms with Crippen molar-refractivity contribution in [1.82, 2.24) is 4.90 Å². The molecule has 18 heavy (non-hydrogen) atoms. The molecule has 2 rings (SSSR count). The minimum absolute atomic E-state index is 0.0467. The van der Waals surface area contributed by atoms with E-state index in [1.807, 2.05) is 24.3 Å². The molecule has 1 aliphatic heterocycles. The number of likely N-dealkylation sites (tertiary alicyclic amines) is 1. The maximum Gasteiger partial charge on any atom is 0.338 e. The van der Waals surface area contributed by atoms with Gasteiger partial charge in [0.05, 0.1) is 5.56 Å². The van der Waals surface area contributed by atoms with E-state index < -0.39 is 0 Å². The van der Waals surface area contributed by atoms with E-state index in [9.17, 15) is 4.79 Å². The molecule has 1 unspecified atom stereocenters. The van der Waals surface area contributed by atoms with Gasteiger partial charge in [0.1, 0.15) is 6.10 Å². The van der Waals surface area contributed by atoms with Gasteiger partial charge in [-0.2, -0.15) is 0 Å². The van der Waals surface area contributed by atoms with E-state index in [1.54, 1.807) is 0 Å². The number of hydrogen-bond acceptors (Lipinski definition) is 3. The average Bonchev–Trinajstić information content (AvgIpc) is 2.39. The Balaban J connectivity index is 1.92. The fourth-order valence-corrected chi connectivity index (χ4v) is 2.56. The summed E-state index contributed by atoms with van der Waals surface area (Å²) in [5.74, 6) is -0.200. The highest BCUT2D eigenvalue weighted by Gasteiger charge is 2.22. The van der Waals surface area contributed by atoms with Crippen molar-refractivity contribution >= 4 is 28.6 Å². The quantitative estimate of drug-likeness (QED) is 0.614. The summed E-state index contributed by atoms with van der Waals surface area (Å²) in [6, 6.07) is 7.50. The van der Waals surface area contributed by atoms with Crippen molar-refractivity contribution in [3.63, 3.8) is 0 Å². The van der Waals surface area contributed by atoms with Crippen LogP contribution in [0.4, 0.5) is 0 Å². The molecule has 3 nitrogen and oxygen atoms in total. The Hall–Kier alpha value is -0.620. The zero-order chi connectivity index (χ0) is 13.0. The number of halogens is 1. The predicted molar refractivity (Wildman–Crippen MR) is 79.7 cm³/mol. The van der Waals surface area contributed by atoms with Gasteiger partial charge in [-0.1, -0.05) is 6.92 Å². The molecule has 0 aliphatic carbocycles. The zero-order valence-electron chi connectivity index (χ0n) is 10.6. The molecule has 98 valence electrons. The Bertz CT molecular complexity index is 405. The summed E-state index contributed by atoms with van der Waals surface area (Å²) in [5.41, 5.74) is 0.643. The van der Waals surface area contributed by atoms with Crippen LogP contribution in [-0.4, -0.2) is 36.6 Å². The molecular weight excluding hydrogens is 341 g/mol. The van der Waals surface area contributed by atoms with Gasteiger partial charge in [-0.25, -0.2) is 4.79 Å². The van der Waals surface area contributed by atoms with Crippen molar-refractivity contribution in [3.05, 3.63) is 33.4 Å². The van der Waals surface area contributed by atoms with Crippen LogP contribution in [0.15, 0.2) is 24.3 Å². The van der Waals surface area contributed by atoms with Crippen LogP contribution in [0.5, 0.6) is 0 Å². The number of piperidine rings is 1. The lowest BCUT2D eigenvalue weighted by molar-refractivity contribution is 0.00774. The molecule has 0 N–H and O–H groups in total. The van der Waals surface area contributed by atoms with Crippen molar-refractivity contribution in [2.45, 2.75) is 25.9 Å². The minimum Gasteiger partial charge on any atom is -0.457 e. The first-order chi connectivity index (χ1) is 8.69. The first-order valence-corrected chi connectivity index (χ1v) is 7.46. The van der Waals surface area contributed by atoms with Crippen molar-refractivity contribution < 1.29 is 9.53 Å². The molecule has 4 heteroatoms. The van der Waals surface area contributed by atoms with Crippen molar-refractivity contribution in [1.29, 1.82) is 0 Å². The molecule has 1 atom stereocenters. The molecule has 1 saturated heterocycles. The molecule has 1 aliphatic rings. The van der Waals surface area contributed by atoms with E-state index in [0.29, 0.717) is 5.56 Å². The van der Waals surface area contributed by atoms with Gasteiger partial charge >= 0.3 is 5.97 Å². The summed E-state index contributed by atoms with van der Waals surface area (Å²) in [6.07, 6.45) is 2.14. The Kier molecular flexibility index (Phi) is 5.00. The Morgan fingerprint density at radius 1 is 1.44 bits per heavy atom. The Morgan fingerprint density at radius 2 is 2.17 bits per heavy atom. The van der Waals surface area contributed by atoms with E-state index in [1.165, 1.54) is 0 Å². The van der Waals surface area contributed by atoms with Gasteiger partial charge in [-0.05, 0) is 72.8 Å². The second-order valence-electron chi connectivity index (χ2n) is 4.57. The number of hydrogen-bond donors (Lipinski definition) is 0. The van der Waals surface area contributed by atoms with Crippen LogP contribution in [0.25, 0.3) is 0 Å². The normalized spacial score (nSPS) is 20.7. The number of nitrogens with zero attached hydrogens (tertiary/aromatic N) is 1. The van der Waals surface area contributed by atoms with Crippen LogP contribution < -0.4 is 0 Å². The highest BCUT2D eigenvalue weighted by molar-refractivity contribution is 14.1.